The van der Waals surface area contributed by atoms with Crippen LogP contribution in [0, 0.1) is 0 Å². The molecule has 1 saturated carbocycles. The maximum Gasteiger partial charge on any atom is 0.513 e. The third kappa shape index (κ3) is 2.42. The van der Waals surface area contributed by atoms with Crippen molar-refractivity contribution < 1.29 is 9.31 Å². The maximum atomic E-state index is 6.06. The van der Waals surface area contributed by atoms with Crippen LogP contribution < -0.4 is 5.59 Å². The monoisotopic (exact) mass is 276 g/mol. The van der Waals surface area contributed by atoms with E-state index in [0.717, 1.165) is 11.4 Å². The molecular formula is C15H25BN2O2. The molecular weight excluding hydrogens is 251 g/mol. The Morgan fingerprint density at radius 1 is 1.10 bits per heavy atom. The zero-order chi connectivity index (χ0) is 14.4. The molecule has 1 N–H and O–H groups in total. The minimum absolute atomic E-state index is 0.298. The number of hydrogen-bond donors (Lipinski definition) is 1. The van der Waals surface area contributed by atoms with Gasteiger partial charge in [0.15, 0.2) is 0 Å². The van der Waals surface area contributed by atoms with Gasteiger partial charge in [-0.3, -0.25) is 0 Å². The summed E-state index contributed by atoms with van der Waals surface area (Å²) in [5.41, 5.74) is 0.353. The molecule has 0 unspecified atom stereocenters. The Morgan fingerprint density at radius 2 is 1.70 bits per heavy atom. The van der Waals surface area contributed by atoms with E-state index < -0.39 is 0 Å². The molecule has 3 rings (SSSR count). The third-order valence-corrected chi connectivity index (χ3v) is 5.11. The first kappa shape index (κ1) is 14.1. The van der Waals surface area contributed by atoms with Crippen molar-refractivity contribution in [2.75, 3.05) is 0 Å². The predicted octanol–water partition coefficient (Wildman–Crippen LogP) is 2.76. The summed E-state index contributed by atoms with van der Waals surface area (Å²) < 4.78 is 12.1. The van der Waals surface area contributed by atoms with E-state index in [1.54, 1.807) is 0 Å². The second-order valence-corrected chi connectivity index (χ2v) is 7.15. The predicted molar refractivity (Wildman–Crippen MR) is 80.1 cm³/mol. The summed E-state index contributed by atoms with van der Waals surface area (Å²) in [5, 5.41) is 0. The molecule has 4 nitrogen and oxygen atoms in total. The van der Waals surface area contributed by atoms with Gasteiger partial charge in [0.05, 0.1) is 16.8 Å². The first-order valence-corrected chi connectivity index (χ1v) is 7.79. The van der Waals surface area contributed by atoms with Crippen LogP contribution in [-0.2, 0) is 9.31 Å². The van der Waals surface area contributed by atoms with E-state index in [2.05, 4.69) is 37.7 Å². The van der Waals surface area contributed by atoms with E-state index in [1.165, 1.54) is 32.1 Å². The fourth-order valence-corrected chi connectivity index (χ4v) is 3.02. The normalized spacial score (nSPS) is 26.1. The van der Waals surface area contributed by atoms with Crippen LogP contribution in [0.15, 0.2) is 6.20 Å². The molecule has 2 fully saturated rings. The second-order valence-electron chi connectivity index (χ2n) is 7.15. The Morgan fingerprint density at radius 3 is 2.30 bits per heavy atom. The molecule has 1 aromatic heterocycles. The van der Waals surface area contributed by atoms with Crippen molar-refractivity contribution in [1.29, 1.82) is 0 Å². The Balaban J connectivity index is 1.74. The summed E-state index contributed by atoms with van der Waals surface area (Å²) in [4.78, 5) is 8.00. The van der Waals surface area contributed by atoms with Crippen molar-refractivity contribution in [3.05, 3.63) is 12.0 Å². The fraction of sp³-hybridized carbons (Fsp3) is 0.800. The van der Waals surface area contributed by atoms with Gasteiger partial charge in [-0.05, 0) is 40.5 Å². The fourth-order valence-electron chi connectivity index (χ4n) is 3.02. The van der Waals surface area contributed by atoms with Gasteiger partial charge in [0, 0.05) is 12.1 Å². The molecule has 0 aromatic carbocycles. The summed E-state index contributed by atoms with van der Waals surface area (Å²) >= 11 is 0. The van der Waals surface area contributed by atoms with Gasteiger partial charge in [-0.15, -0.1) is 0 Å². The first-order chi connectivity index (χ1) is 9.39. The molecule has 0 bridgehead atoms. The minimum Gasteiger partial charge on any atom is -0.398 e. The highest BCUT2D eigenvalue weighted by molar-refractivity contribution is 6.61. The molecule has 0 amide bonds. The van der Waals surface area contributed by atoms with E-state index in [4.69, 9.17) is 9.31 Å². The van der Waals surface area contributed by atoms with Crippen LogP contribution in [0.2, 0.25) is 0 Å². The van der Waals surface area contributed by atoms with E-state index in [1.807, 2.05) is 6.20 Å². The van der Waals surface area contributed by atoms with Gasteiger partial charge in [0.1, 0.15) is 5.82 Å². The lowest BCUT2D eigenvalue weighted by atomic mass is 9.85. The van der Waals surface area contributed by atoms with Crippen molar-refractivity contribution in [1.82, 2.24) is 9.97 Å². The summed E-state index contributed by atoms with van der Waals surface area (Å²) in [5.74, 6) is 1.69. The Kier molecular flexibility index (Phi) is 3.45. The van der Waals surface area contributed by atoms with Crippen LogP contribution >= 0.6 is 0 Å². The molecule has 2 aliphatic rings. The highest BCUT2D eigenvalue weighted by Gasteiger charge is 2.52. The topological polar surface area (TPSA) is 47.1 Å². The van der Waals surface area contributed by atoms with Crippen LogP contribution in [0.3, 0.4) is 0 Å². The number of aromatic nitrogens is 2. The molecule has 1 aliphatic heterocycles. The number of imidazole rings is 1. The number of hydrogen-bond acceptors (Lipinski definition) is 3. The van der Waals surface area contributed by atoms with Gasteiger partial charge in [-0.25, -0.2) is 4.98 Å². The quantitative estimate of drug-likeness (QED) is 0.845. The number of nitrogens with one attached hydrogen (secondary N) is 1. The molecule has 1 aromatic rings. The van der Waals surface area contributed by atoms with Crippen LogP contribution in [0.4, 0.5) is 0 Å². The second kappa shape index (κ2) is 4.88. The van der Waals surface area contributed by atoms with Crippen LogP contribution in [0.25, 0.3) is 0 Å². The standard InChI is InChI=1S/C15H25BN2O2/c1-14(2)15(3,4)20-16(19-14)12-10-17-13(18-12)11-8-6-5-7-9-11/h10-11H,5-9H2,1-4H3,(H,17,18). The van der Waals surface area contributed by atoms with Gasteiger partial charge in [-0.2, -0.15) is 0 Å². The van der Waals surface area contributed by atoms with Crippen molar-refractivity contribution in [2.24, 2.45) is 0 Å². The summed E-state index contributed by atoms with van der Waals surface area (Å²) in [6, 6.07) is 0. The molecule has 0 spiro atoms. The van der Waals surface area contributed by atoms with E-state index >= 15 is 0 Å². The van der Waals surface area contributed by atoms with E-state index in [9.17, 15) is 0 Å². The molecule has 0 atom stereocenters. The summed E-state index contributed by atoms with van der Waals surface area (Å²) in [6.45, 7) is 8.30. The van der Waals surface area contributed by atoms with Crippen LogP contribution in [0.5, 0.6) is 0 Å². The van der Waals surface area contributed by atoms with Gasteiger partial charge < -0.3 is 14.3 Å². The SMILES string of the molecule is CC1(C)OB(c2cnc(C3CCCCC3)[nH]2)OC1(C)C. The average molecular weight is 276 g/mol. The lowest BCUT2D eigenvalue weighted by Gasteiger charge is -2.32. The van der Waals surface area contributed by atoms with E-state index in [0.29, 0.717) is 5.92 Å². The molecule has 1 saturated heterocycles. The van der Waals surface area contributed by atoms with Crippen molar-refractivity contribution >= 4 is 12.7 Å². The molecule has 0 radical (unpaired) electrons. The lowest BCUT2D eigenvalue weighted by Crippen LogP contribution is -2.41. The van der Waals surface area contributed by atoms with Gasteiger partial charge in [-0.1, -0.05) is 19.3 Å². The molecule has 5 heteroatoms. The first-order valence-electron chi connectivity index (χ1n) is 7.79. The smallest absolute Gasteiger partial charge is 0.398 e. The Hall–Kier alpha value is -0.805. The van der Waals surface area contributed by atoms with E-state index in [-0.39, 0.29) is 18.3 Å². The number of rotatable bonds is 2. The zero-order valence-corrected chi connectivity index (χ0v) is 13.0. The van der Waals surface area contributed by atoms with Crippen molar-refractivity contribution in [3.8, 4) is 0 Å². The average Bonchev–Trinajstić information content (AvgIpc) is 2.94. The summed E-state index contributed by atoms with van der Waals surface area (Å²) in [7, 11) is -0.329. The highest BCUT2D eigenvalue weighted by Crippen LogP contribution is 2.36. The molecule has 110 valence electrons. The Labute approximate surface area is 121 Å². The number of aromatic amines is 1. The van der Waals surface area contributed by atoms with Crippen molar-refractivity contribution in [2.45, 2.75) is 76.9 Å². The third-order valence-electron chi connectivity index (χ3n) is 5.11. The van der Waals surface area contributed by atoms with Crippen LogP contribution in [-0.4, -0.2) is 28.3 Å². The highest BCUT2D eigenvalue weighted by atomic mass is 16.7. The lowest BCUT2D eigenvalue weighted by molar-refractivity contribution is 0.00578. The zero-order valence-electron chi connectivity index (χ0n) is 13.0. The van der Waals surface area contributed by atoms with Crippen LogP contribution in [0.1, 0.15) is 71.5 Å². The van der Waals surface area contributed by atoms with Gasteiger partial charge in [0.25, 0.3) is 0 Å². The number of nitrogens with zero attached hydrogens (tertiary/aromatic N) is 1. The van der Waals surface area contributed by atoms with Gasteiger partial charge in [0.2, 0.25) is 0 Å². The van der Waals surface area contributed by atoms with Crippen molar-refractivity contribution in [3.63, 3.8) is 0 Å². The largest absolute Gasteiger partial charge is 0.513 e. The summed E-state index contributed by atoms with van der Waals surface area (Å²) in [6.07, 6.45) is 8.37. The van der Waals surface area contributed by atoms with Gasteiger partial charge >= 0.3 is 7.12 Å². The minimum atomic E-state index is -0.329. The molecule has 2 heterocycles. The number of H-pyrrole nitrogens is 1. The molecule has 1 aliphatic carbocycles. The Bertz CT molecular complexity index is 462. The molecule has 20 heavy (non-hydrogen) atoms. The maximum absolute atomic E-state index is 6.06.